The van der Waals surface area contributed by atoms with Crippen molar-refractivity contribution in [2.24, 2.45) is 0 Å². The van der Waals surface area contributed by atoms with E-state index in [1.807, 2.05) is 19.1 Å². The number of hydrogen-bond donors (Lipinski definition) is 1. The van der Waals surface area contributed by atoms with Crippen LogP contribution in [-0.2, 0) is 10.5 Å². The topological polar surface area (TPSA) is 29.1 Å². The van der Waals surface area contributed by atoms with Crippen molar-refractivity contribution in [2.45, 2.75) is 19.1 Å². The summed E-state index contributed by atoms with van der Waals surface area (Å²) in [5.41, 5.74) is 1.14. The van der Waals surface area contributed by atoms with E-state index < -0.39 is 0 Å². The highest BCUT2D eigenvalue weighted by atomic mass is 35.5. The average molecular weight is 292 g/mol. The van der Waals surface area contributed by atoms with E-state index in [1.165, 1.54) is 0 Å². The molecule has 1 N–H and O–H groups in total. The first-order valence-electron chi connectivity index (χ1n) is 5.42. The van der Waals surface area contributed by atoms with Crippen LogP contribution in [0.1, 0.15) is 18.9 Å². The normalized spacial score (nSPS) is 10.3. The number of thioether (sulfide) groups is 1. The highest BCUT2D eigenvalue weighted by molar-refractivity contribution is 7.98. The fourth-order valence-electron chi connectivity index (χ4n) is 1.21. The van der Waals surface area contributed by atoms with E-state index in [0.717, 1.165) is 17.1 Å². The molecule has 0 aliphatic rings. The summed E-state index contributed by atoms with van der Waals surface area (Å²) in [7, 11) is 0. The van der Waals surface area contributed by atoms with Crippen LogP contribution in [0.15, 0.2) is 18.2 Å². The lowest BCUT2D eigenvalue weighted by molar-refractivity contribution is -0.120. The molecule has 0 unspecified atom stereocenters. The molecule has 94 valence electrons. The van der Waals surface area contributed by atoms with E-state index in [9.17, 15) is 4.79 Å². The third-order valence-electron chi connectivity index (χ3n) is 2.14. The van der Waals surface area contributed by atoms with Gasteiger partial charge in [-0.15, -0.1) is 0 Å². The maximum absolute atomic E-state index is 11.0. The number of benzene rings is 1. The summed E-state index contributed by atoms with van der Waals surface area (Å²) in [5, 5.41) is 4.00. The van der Waals surface area contributed by atoms with Gasteiger partial charge in [-0.2, -0.15) is 11.8 Å². The lowest BCUT2D eigenvalue weighted by atomic mass is 10.2. The molecule has 0 atom stereocenters. The number of halogens is 2. The molecule has 0 bridgehead atoms. The maximum Gasteiger partial charge on any atom is 0.219 e. The van der Waals surface area contributed by atoms with Crippen LogP contribution in [0, 0.1) is 0 Å². The Labute approximate surface area is 116 Å². The summed E-state index contributed by atoms with van der Waals surface area (Å²) < 4.78 is 0. The minimum absolute atomic E-state index is 0.0973. The van der Waals surface area contributed by atoms with E-state index in [-0.39, 0.29) is 5.91 Å². The van der Waals surface area contributed by atoms with Gasteiger partial charge in [0.2, 0.25) is 5.91 Å². The Bertz CT molecular complexity index is 385. The highest BCUT2D eigenvalue weighted by Gasteiger charge is 2.00. The molecule has 5 heteroatoms. The minimum Gasteiger partial charge on any atom is -0.355 e. The second-order valence-electron chi connectivity index (χ2n) is 3.50. The van der Waals surface area contributed by atoms with E-state index in [4.69, 9.17) is 23.2 Å². The van der Waals surface area contributed by atoms with E-state index in [1.54, 1.807) is 17.8 Å². The van der Waals surface area contributed by atoms with Crippen LogP contribution in [0.3, 0.4) is 0 Å². The molecule has 0 saturated carbocycles. The molecule has 1 aromatic rings. The molecule has 0 radical (unpaired) electrons. The number of hydrogen-bond acceptors (Lipinski definition) is 2. The zero-order valence-electron chi connectivity index (χ0n) is 9.63. The summed E-state index contributed by atoms with van der Waals surface area (Å²) in [6, 6.07) is 5.64. The van der Waals surface area contributed by atoms with Crippen LogP contribution in [0.25, 0.3) is 0 Å². The Morgan fingerprint density at radius 1 is 1.35 bits per heavy atom. The monoisotopic (exact) mass is 291 g/mol. The largest absolute Gasteiger partial charge is 0.355 e. The van der Waals surface area contributed by atoms with Gasteiger partial charge in [-0.05, 0) is 17.7 Å². The number of amides is 1. The van der Waals surface area contributed by atoms with Crippen LogP contribution in [0.5, 0.6) is 0 Å². The van der Waals surface area contributed by atoms with Gasteiger partial charge in [-0.1, -0.05) is 36.2 Å². The molecule has 2 nitrogen and oxygen atoms in total. The zero-order valence-corrected chi connectivity index (χ0v) is 12.0. The number of nitrogens with one attached hydrogen (secondary N) is 1. The second kappa shape index (κ2) is 7.85. The molecule has 1 aromatic carbocycles. The predicted molar refractivity (Wildman–Crippen MR) is 75.9 cm³/mol. The van der Waals surface area contributed by atoms with E-state index in [2.05, 4.69) is 5.32 Å². The SMILES string of the molecule is CCC(=O)NCCSCc1ccc(Cl)c(Cl)c1. The van der Waals surface area contributed by atoms with Gasteiger partial charge in [0, 0.05) is 24.5 Å². The van der Waals surface area contributed by atoms with Gasteiger partial charge in [0.25, 0.3) is 0 Å². The third kappa shape index (κ3) is 5.66. The lowest BCUT2D eigenvalue weighted by Crippen LogP contribution is -2.24. The summed E-state index contributed by atoms with van der Waals surface area (Å²) in [6.45, 7) is 2.55. The van der Waals surface area contributed by atoms with Crippen molar-refractivity contribution in [2.75, 3.05) is 12.3 Å². The first-order valence-corrected chi connectivity index (χ1v) is 7.33. The quantitative estimate of drug-likeness (QED) is 0.809. The number of carbonyl (C=O) groups is 1. The molecule has 17 heavy (non-hydrogen) atoms. The van der Waals surface area contributed by atoms with Crippen LogP contribution >= 0.6 is 35.0 Å². The van der Waals surface area contributed by atoms with Crippen LogP contribution in [0.2, 0.25) is 10.0 Å². The van der Waals surface area contributed by atoms with Gasteiger partial charge < -0.3 is 5.32 Å². The molecule has 0 aromatic heterocycles. The van der Waals surface area contributed by atoms with Crippen LogP contribution in [0.4, 0.5) is 0 Å². The Morgan fingerprint density at radius 3 is 2.76 bits per heavy atom. The van der Waals surface area contributed by atoms with Gasteiger partial charge in [0.1, 0.15) is 0 Å². The molecular weight excluding hydrogens is 277 g/mol. The van der Waals surface area contributed by atoms with Gasteiger partial charge in [0.05, 0.1) is 10.0 Å². The molecular formula is C12H15Cl2NOS. The molecule has 0 heterocycles. The van der Waals surface area contributed by atoms with Crippen molar-refractivity contribution >= 4 is 40.9 Å². The number of rotatable bonds is 6. The average Bonchev–Trinajstić information content (AvgIpc) is 2.33. The first kappa shape index (κ1) is 14.7. The molecule has 0 fully saturated rings. The smallest absolute Gasteiger partial charge is 0.219 e. The molecule has 1 amide bonds. The van der Waals surface area contributed by atoms with Crippen molar-refractivity contribution in [3.63, 3.8) is 0 Å². The molecule has 0 saturated heterocycles. The predicted octanol–water partition coefficient (Wildman–Crippen LogP) is 3.75. The molecule has 0 aliphatic heterocycles. The van der Waals surface area contributed by atoms with Gasteiger partial charge in [-0.25, -0.2) is 0 Å². The summed E-state index contributed by atoms with van der Waals surface area (Å²) >= 11 is 13.5. The Morgan fingerprint density at radius 2 is 2.12 bits per heavy atom. The van der Waals surface area contributed by atoms with Crippen LogP contribution < -0.4 is 5.32 Å². The zero-order chi connectivity index (χ0) is 12.7. The van der Waals surface area contributed by atoms with Crippen molar-refractivity contribution in [3.05, 3.63) is 33.8 Å². The van der Waals surface area contributed by atoms with Crippen molar-refractivity contribution < 1.29 is 4.79 Å². The molecule has 0 spiro atoms. The molecule has 0 aliphatic carbocycles. The number of carbonyl (C=O) groups excluding carboxylic acids is 1. The van der Waals surface area contributed by atoms with Crippen molar-refractivity contribution in [1.82, 2.24) is 5.32 Å². The maximum atomic E-state index is 11.0. The van der Waals surface area contributed by atoms with E-state index in [0.29, 0.717) is 23.0 Å². The standard InChI is InChI=1S/C12H15Cl2NOS/c1-2-12(16)15-5-6-17-8-9-3-4-10(13)11(14)7-9/h3-4,7H,2,5-6,8H2,1H3,(H,15,16). The fourth-order valence-corrected chi connectivity index (χ4v) is 2.33. The molecule has 1 rings (SSSR count). The van der Waals surface area contributed by atoms with Gasteiger partial charge in [-0.3, -0.25) is 4.79 Å². The summed E-state index contributed by atoms with van der Waals surface area (Å²) in [5.74, 6) is 1.87. The Balaban J connectivity index is 2.22. The second-order valence-corrected chi connectivity index (χ2v) is 5.42. The lowest BCUT2D eigenvalue weighted by Gasteiger charge is -2.05. The van der Waals surface area contributed by atoms with E-state index >= 15 is 0 Å². The van der Waals surface area contributed by atoms with Crippen LogP contribution in [-0.4, -0.2) is 18.2 Å². The summed E-state index contributed by atoms with van der Waals surface area (Å²) in [4.78, 5) is 11.0. The Kier molecular flexibility index (Phi) is 6.78. The third-order valence-corrected chi connectivity index (χ3v) is 3.91. The first-order chi connectivity index (χ1) is 8.13. The summed E-state index contributed by atoms with van der Waals surface area (Å²) in [6.07, 6.45) is 0.539. The minimum atomic E-state index is 0.0973. The van der Waals surface area contributed by atoms with Crippen molar-refractivity contribution in [1.29, 1.82) is 0 Å². The van der Waals surface area contributed by atoms with Gasteiger partial charge in [0.15, 0.2) is 0 Å². The Hall–Kier alpha value is -0.380. The fraction of sp³-hybridized carbons (Fsp3) is 0.417. The van der Waals surface area contributed by atoms with Crippen molar-refractivity contribution in [3.8, 4) is 0 Å². The highest BCUT2D eigenvalue weighted by Crippen LogP contribution is 2.24. The van der Waals surface area contributed by atoms with Gasteiger partial charge >= 0.3 is 0 Å².